The molecule has 2 nitrogen and oxygen atoms in total. The predicted molar refractivity (Wildman–Crippen MR) is 252 cm³/mol. The van der Waals surface area contributed by atoms with Crippen molar-refractivity contribution in [2.45, 2.75) is 6.92 Å². The van der Waals surface area contributed by atoms with Gasteiger partial charge in [0.25, 0.3) is 0 Å². The SMILES string of the molecule is C=Cc1c(/C=C\C)n(-c2ccc3c(c2)sc2ccccc23)c2ccc(-c3ccc(N(c4ccc(-c5ccccc5)cc4)c4ccc(-c5ccccc5)cc4)cc3)cc12. The molecule has 0 unspecified atom stereocenters. The molecule has 3 heteroatoms. The topological polar surface area (TPSA) is 8.17 Å². The Kier molecular flexibility index (Phi) is 9.14. The van der Waals surface area contributed by atoms with Crippen LogP contribution in [0, 0.1) is 0 Å². The molecule has 10 aromatic rings. The molecule has 0 aliphatic heterocycles. The Morgan fingerprint density at radius 3 is 1.53 bits per heavy atom. The van der Waals surface area contributed by atoms with Crippen molar-refractivity contribution in [2.75, 3.05) is 4.90 Å². The van der Waals surface area contributed by atoms with E-state index in [1.165, 1.54) is 47.8 Å². The first kappa shape index (κ1) is 35.2. The molecule has 0 spiro atoms. The lowest BCUT2D eigenvalue weighted by Crippen LogP contribution is -2.09. The molecule has 0 amide bonds. The van der Waals surface area contributed by atoms with Gasteiger partial charge in [0, 0.05) is 53.9 Å². The van der Waals surface area contributed by atoms with Gasteiger partial charge in [0.15, 0.2) is 0 Å². The molecule has 2 aromatic heterocycles. The summed E-state index contributed by atoms with van der Waals surface area (Å²) in [6.07, 6.45) is 6.32. The summed E-state index contributed by atoms with van der Waals surface area (Å²) in [4.78, 5) is 2.34. The van der Waals surface area contributed by atoms with E-state index in [4.69, 9.17) is 0 Å². The molecule has 0 bridgehead atoms. The van der Waals surface area contributed by atoms with Crippen LogP contribution in [0.2, 0.25) is 0 Å². The lowest BCUT2D eigenvalue weighted by Gasteiger charge is -2.26. The van der Waals surface area contributed by atoms with Gasteiger partial charge < -0.3 is 9.47 Å². The molecule has 0 N–H and O–H groups in total. The normalized spacial score (nSPS) is 11.5. The van der Waals surface area contributed by atoms with Crippen LogP contribution in [-0.2, 0) is 0 Å². The van der Waals surface area contributed by atoms with Gasteiger partial charge in [0.1, 0.15) is 0 Å². The molecule has 10 rings (SSSR count). The van der Waals surface area contributed by atoms with Crippen LogP contribution in [-0.4, -0.2) is 4.57 Å². The molecule has 0 fully saturated rings. The zero-order valence-electron chi connectivity index (χ0n) is 32.2. The van der Waals surface area contributed by atoms with Crippen LogP contribution in [0.1, 0.15) is 18.2 Å². The number of fused-ring (bicyclic) bond motifs is 4. The van der Waals surface area contributed by atoms with Crippen molar-refractivity contribution in [3.8, 4) is 39.1 Å². The second-order valence-electron chi connectivity index (χ2n) is 14.6. The van der Waals surface area contributed by atoms with E-state index in [1.807, 2.05) is 17.4 Å². The number of hydrogen-bond donors (Lipinski definition) is 0. The Bertz CT molecular complexity index is 3010. The summed E-state index contributed by atoms with van der Waals surface area (Å²) >= 11 is 1.85. The number of allylic oxidation sites excluding steroid dienone is 1. The zero-order valence-corrected chi connectivity index (χ0v) is 33.0. The molecule has 0 radical (unpaired) electrons. The van der Waals surface area contributed by atoms with Gasteiger partial charge in [-0.05, 0) is 113 Å². The van der Waals surface area contributed by atoms with E-state index in [1.54, 1.807) is 0 Å². The highest BCUT2D eigenvalue weighted by molar-refractivity contribution is 7.25. The Hall–Kier alpha value is -7.20. The fourth-order valence-electron chi connectivity index (χ4n) is 8.30. The maximum absolute atomic E-state index is 4.30. The van der Waals surface area contributed by atoms with Gasteiger partial charge in [-0.1, -0.05) is 146 Å². The number of aromatic nitrogens is 1. The second-order valence-corrected chi connectivity index (χ2v) is 15.6. The van der Waals surface area contributed by atoms with E-state index in [2.05, 4.69) is 229 Å². The smallest absolute Gasteiger partial charge is 0.0541 e. The van der Waals surface area contributed by atoms with E-state index < -0.39 is 0 Å². The van der Waals surface area contributed by atoms with E-state index in [0.717, 1.165) is 50.7 Å². The molecule has 0 saturated carbocycles. The summed E-state index contributed by atoms with van der Waals surface area (Å²) in [5.41, 5.74) is 15.0. The van der Waals surface area contributed by atoms with Gasteiger partial charge >= 0.3 is 0 Å². The molecule has 8 aromatic carbocycles. The lowest BCUT2D eigenvalue weighted by molar-refractivity contribution is 1.11. The third kappa shape index (κ3) is 6.32. The van der Waals surface area contributed by atoms with Crippen molar-refractivity contribution in [1.29, 1.82) is 0 Å². The summed E-state index contributed by atoms with van der Waals surface area (Å²) in [5, 5.41) is 3.79. The standard InChI is InChI=1S/C55H40N2S/c1-3-13-52-48(4-2)51-36-43(26-35-53(51)57(52)47-33-34-50-49-18-11-12-19-54(49)58-55(50)37-47)42-24-31-46(32-25-42)56(44-27-20-40(21-28-44)38-14-7-5-8-15-38)45-29-22-41(23-30-45)39-16-9-6-10-17-39/h3-37H,2H2,1H3/b13-3-. The van der Waals surface area contributed by atoms with Gasteiger partial charge in [-0.15, -0.1) is 11.3 Å². The molecule has 0 saturated heterocycles. The third-order valence-electron chi connectivity index (χ3n) is 11.1. The zero-order chi connectivity index (χ0) is 39.0. The minimum Gasteiger partial charge on any atom is -0.311 e. The Balaban J connectivity index is 1.03. The predicted octanol–water partition coefficient (Wildman–Crippen LogP) is 16.1. The number of nitrogens with zero attached hydrogens (tertiary/aromatic N) is 2. The first-order valence-electron chi connectivity index (χ1n) is 19.7. The number of rotatable bonds is 9. The summed E-state index contributed by atoms with van der Waals surface area (Å²) in [6.45, 7) is 6.37. The Labute approximate surface area is 343 Å². The second kappa shape index (κ2) is 15.0. The number of anilines is 3. The molecule has 0 atom stereocenters. The average molecular weight is 761 g/mol. The van der Waals surface area contributed by atoms with Gasteiger partial charge in [-0.25, -0.2) is 0 Å². The maximum Gasteiger partial charge on any atom is 0.0541 e. The molecular weight excluding hydrogens is 721 g/mol. The van der Waals surface area contributed by atoms with Crippen LogP contribution in [0.4, 0.5) is 17.1 Å². The van der Waals surface area contributed by atoms with Gasteiger partial charge in [0.2, 0.25) is 0 Å². The van der Waals surface area contributed by atoms with Gasteiger partial charge in [-0.3, -0.25) is 0 Å². The van der Waals surface area contributed by atoms with Crippen LogP contribution in [0.15, 0.2) is 207 Å². The summed E-state index contributed by atoms with van der Waals surface area (Å²) < 4.78 is 4.98. The first-order chi connectivity index (χ1) is 28.7. The average Bonchev–Trinajstić information content (AvgIpc) is 3.82. The van der Waals surface area contributed by atoms with Crippen LogP contribution < -0.4 is 4.90 Å². The highest BCUT2D eigenvalue weighted by Gasteiger charge is 2.18. The van der Waals surface area contributed by atoms with Gasteiger partial charge in [-0.2, -0.15) is 0 Å². The van der Waals surface area contributed by atoms with E-state index in [-0.39, 0.29) is 0 Å². The van der Waals surface area contributed by atoms with Crippen LogP contribution >= 0.6 is 11.3 Å². The fourth-order valence-corrected chi connectivity index (χ4v) is 9.44. The summed E-state index contributed by atoms with van der Waals surface area (Å²) in [5.74, 6) is 0. The Morgan fingerprint density at radius 1 is 0.466 bits per heavy atom. The molecule has 276 valence electrons. The molecule has 0 aliphatic carbocycles. The van der Waals surface area contributed by atoms with E-state index in [9.17, 15) is 0 Å². The van der Waals surface area contributed by atoms with Crippen molar-refractivity contribution >= 4 is 71.6 Å². The summed E-state index contributed by atoms with van der Waals surface area (Å²) in [6, 6.07) is 70.2. The molecule has 2 heterocycles. The van der Waals surface area contributed by atoms with Crippen LogP contribution in [0.3, 0.4) is 0 Å². The number of hydrogen-bond acceptors (Lipinski definition) is 2. The largest absolute Gasteiger partial charge is 0.311 e. The van der Waals surface area contributed by atoms with Crippen molar-refractivity contribution in [3.63, 3.8) is 0 Å². The van der Waals surface area contributed by atoms with E-state index in [0.29, 0.717) is 0 Å². The van der Waals surface area contributed by atoms with Crippen molar-refractivity contribution in [2.24, 2.45) is 0 Å². The molecule has 58 heavy (non-hydrogen) atoms. The highest BCUT2D eigenvalue weighted by Crippen LogP contribution is 2.41. The van der Waals surface area contributed by atoms with Gasteiger partial charge in [0.05, 0.1) is 11.2 Å². The fraction of sp³-hybridized carbons (Fsp3) is 0.0182. The van der Waals surface area contributed by atoms with Crippen LogP contribution in [0.5, 0.6) is 0 Å². The van der Waals surface area contributed by atoms with Crippen molar-refractivity contribution in [1.82, 2.24) is 4.57 Å². The quantitative estimate of drug-likeness (QED) is 0.142. The van der Waals surface area contributed by atoms with Crippen molar-refractivity contribution in [3.05, 3.63) is 218 Å². The number of benzene rings is 8. The maximum atomic E-state index is 4.30. The van der Waals surface area contributed by atoms with E-state index >= 15 is 0 Å². The summed E-state index contributed by atoms with van der Waals surface area (Å²) in [7, 11) is 0. The third-order valence-corrected chi connectivity index (χ3v) is 12.3. The number of thiophene rings is 1. The van der Waals surface area contributed by atoms with Crippen molar-refractivity contribution < 1.29 is 0 Å². The van der Waals surface area contributed by atoms with Crippen LogP contribution in [0.25, 0.3) is 82.3 Å². The molecule has 0 aliphatic rings. The minimum absolute atomic E-state index is 1.09. The molecular formula is C55H40N2S. The first-order valence-corrected chi connectivity index (χ1v) is 20.6. The Morgan fingerprint density at radius 2 is 0.966 bits per heavy atom. The monoisotopic (exact) mass is 760 g/mol. The minimum atomic E-state index is 1.09. The lowest BCUT2D eigenvalue weighted by atomic mass is 10.0. The highest BCUT2D eigenvalue weighted by atomic mass is 32.1.